The highest BCUT2D eigenvalue weighted by atomic mass is 19.4. The molecule has 0 heterocycles. The summed E-state index contributed by atoms with van der Waals surface area (Å²) in [6.07, 6.45) is 1.27. The van der Waals surface area contributed by atoms with Crippen LogP contribution in [0.4, 0.5) is 13.2 Å². The van der Waals surface area contributed by atoms with E-state index in [2.05, 4.69) is 12.2 Å². The molecule has 110 valence electrons. The van der Waals surface area contributed by atoms with Gasteiger partial charge in [0.1, 0.15) is 0 Å². The molecule has 0 bridgehead atoms. The van der Waals surface area contributed by atoms with Crippen LogP contribution in [-0.2, 0) is 11.0 Å². The van der Waals surface area contributed by atoms with Crippen molar-refractivity contribution in [1.82, 2.24) is 5.32 Å². The zero-order valence-corrected chi connectivity index (χ0v) is 11.3. The Kier molecular flexibility index (Phi) is 6.28. The Hall–Kier alpha value is -1.78. The van der Waals surface area contributed by atoms with E-state index >= 15 is 0 Å². The number of halogens is 3. The van der Waals surface area contributed by atoms with Crippen molar-refractivity contribution < 1.29 is 18.0 Å². The van der Waals surface area contributed by atoms with E-state index < -0.39 is 11.7 Å². The Bertz CT molecular complexity index is 466. The third-order valence-electron chi connectivity index (χ3n) is 2.72. The van der Waals surface area contributed by atoms with Crippen LogP contribution in [0.25, 0.3) is 6.08 Å². The Morgan fingerprint density at radius 1 is 1.30 bits per heavy atom. The molecule has 0 saturated carbocycles. The Balaban J connectivity index is 2.55. The van der Waals surface area contributed by atoms with Crippen molar-refractivity contribution >= 4 is 12.0 Å². The molecular formula is C15H18F3NO. The van der Waals surface area contributed by atoms with Gasteiger partial charge in [0, 0.05) is 12.6 Å². The van der Waals surface area contributed by atoms with Gasteiger partial charge in [-0.25, -0.2) is 0 Å². The molecule has 0 aromatic heterocycles. The first-order valence-electron chi connectivity index (χ1n) is 6.56. The van der Waals surface area contributed by atoms with Crippen LogP contribution in [0.15, 0.2) is 30.3 Å². The van der Waals surface area contributed by atoms with Crippen LogP contribution >= 0.6 is 0 Å². The van der Waals surface area contributed by atoms with Gasteiger partial charge in [-0.15, -0.1) is 0 Å². The summed E-state index contributed by atoms with van der Waals surface area (Å²) >= 11 is 0. The molecule has 5 heteroatoms. The van der Waals surface area contributed by atoms with Gasteiger partial charge in [0.25, 0.3) is 0 Å². The number of alkyl halides is 3. The molecule has 0 aliphatic carbocycles. The SMILES string of the molecule is CCCCCNC(=O)/C=C/c1cccc(C(F)(F)F)c1. The molecular weight excluding hydrogens is 267 g/mol. The van der Waals surface area contributed by atoms with E-state index in [1.165, 1.54) is 24.3 Å². The maximum atomic E-state index is 12.5. The van der Waals surface area contributed by atoms with Crippen molar-refractivity contribution in [3.05, 3.63) is 41.5 Å². The van der Waals surface area contributed by atoms with Gasteiger partial charge in [-0.2, -0.15) is 13.2 Å². The molecule has 1 N–H and O–H groups in total. The lowest BCUT2D eigenvalue weighted by Gasteiger charge is -2.06. The van der Waals surface area contributed by atoms with Crippen molar-refractivity contribution in [3.63, 3.8) is 0 Å². The fourth-order valence-corrected chi connectivity index (χ4v) is 1.64. The number of nitrogens with one attached hydrogen (secondary N) is 1. The van der Waals surface area contributed by atoms with Gasteiger partial charge in [-0.3, -0.25) is 4.79 Å². The molecule has 2 nitrogen and oxygen atoms in total. The highest BCUT2D eigenvalue weighted by molar-refractivity contribution is 5.91. The topological polar surface area (TPSA) is 29.1 Å². The molecule has 0 atom stereocenters. The zero-order chi connectivity index (χ0) is 15.0. The second-order valence-corrected chi connectivity index (χ2v) is 4.45. The number of rotatable bonds is 6. The minimum Gasteiger partial charge on any atom is -0.353 e. The lowest BCUT2D eigenvalue weighted by molar-refractivity contribution is -0.137. The van der Waals surface area contributed by atoms with Crippen molar-refractivity contribution in [1.29, 1.82) is 0 Å². The van der Waals surface area contributed by atoms with Gasteiger partial charge in [-0.1, -0.05) is 31.9 Å². The highest BCUT2D eigenvalue weighted by Gasteiger charge is 2.30. The number of hydrogen-bond donors (Lipinski definition) is 1. The number of amides is 1. The van der Waals surface area contributed by atoms with Gasteiger partial charge in [0.2, 0.25) is 5.91 Å². The summed E-state index contributed by atoms with van der Waals surface area (Å²) in [5.41, 5.74) is -0.369. The van der Waals surface area contributed by atoms with Crippen LogP contribution < -0.4 is 5.32 Å². The number of carbonyl (C=O) groups excluding carboxylic acids is 1. The second-order valence-electron chi connectivity index (χ2n) is 4.45. The Morgan fingerprint density at radius 2 is 2.05 bits per heavy atom. The predicted octanol–water partition coefficient (Wildman–Crippen LogP) is 4.03. The van der Waals surface area contributed by atoms with Crippen molar-refractivity contribution in [2.45, 2.75) is 32.4 Å². The van der Waals surface area contributed by atoms with Gasteiger partial charge >= 0.3 is 6.18 Å². The molecule has 0 aliphatic heterocycles. The quantitative estimate of drug-likeness (QED) is 0.620. The summed E-state index contributed by atoms with van der Waals surface area (Å²) in [4.78, 5) is 11.4. The van der Waals surface area contributed by atoms with Gasteiger partial charge < -0.3 is 5.32 Å². The van der Waals surface area contributed by atoms with E-state index in [0.29, 0.717) is 12.1 Å². The van der Waals surface area contributed by atoms with E-state index in [0.717, 1.165) is 31.4 Å². The first-order chi connectivity index (χ1) is 9.43. The first-order valence-corrected chi connectivity index (χ1v) is 6.56. The van der Waals surface area contributed by atoms with Crippen LogP contribution in [0.2, 0.25) is 0 Å². The fourth-order valence-electron chi connectivity index (χ4n) is 1.64. The normalized spacial score (nSPS) is 11.8. The highest BCUT2D eigenvalue weighted by Crippen LogP contribution is 2.29. The largest absolute Gasteiger partial charge is 0.416 e. The molecule has 1 aromatic carbocycles. The average molecular weight is 285 g/mol. The van der Waals surface area contributed by atoms with E-state index in [-0.39, 0.29) is 5.91 Å². The lowest BCUT2D eigenvalue weighted by Crippen LogP contribution is -2.21. The third kappa shape index (κ3) is 5.91. The second kappa shape index (κ2) is 7.72. The molecule has 0 saturated heterocycles. The van der Waals surface area contributed by atoms with Crippen LogP contribution in [0.3, 0.4) is 0 Å². The maximum absolute atomic E-state index is 12.5. The van der Waals surface area contributed by atoms with Crippen molar-refractivity contribution in [2.24, 2.45) is 0 Å². The van der Waals surface area contributed by atoms with Gasteiger partial charge in [0.15, 0.2) is 0 Å². The summed E-state index contributed by atoms with van der Waals surface area (Å²) in [5.74, 6) is -0.293. The summed E-state index contributed by atoms with van der Waals surface area (Å²) in [6, 6.07) is 4.86. The van der Waals surface area contributed by atoms with Gasteiger partial charge in [0.05, 0.1) is 5.56 Å². The number of hydrogen-bond acceptors (Lipinski definition) is 1. The minimum atomic E-state index is -4.37. The summed E-state index contributed by atoms with van der Waals surface area (Å²) in [7, 11) is 0. The first kappa shape index (κ1) is 16.3. The van der Waals surface area contributed by atoms with Crippen molar-refractivity contribution in [2.75, 3.05) is 6.54 Å². The van der Waals surface area contributed by atoms with Gasteiger partial charge in [-0.05, 0) is 30.2 Å². The van der Waals surface area contributed by atoms with Crippen molar-refractivity contribution in [3.8, 4) is 0 Å². The standard InChI is InChI=1S/C15H18F3NO/c1-2-3-4-10-19-14(20)9-8-12-6-5-7-13(11-12)15(16,17)18/h5-9,11H,2-4,10H2,1H3,(H,19,20)/b9-8+. The maximum Gasteiger partial charge on any atom is 0.416 e. The van der Waals surface area contributed by atoms with Crippen LogP contribution in [-0.4, -0.2) is 12.5 Å². The molecule has 0 spiro atoms. The molecule has 1 aromatic rings. The van der Waals surface area contributed by atoms with Crippen LogP contribution in [0.5, 0.6) is 0 Å². The molecule has 0 aliphatic rings. The number of benzene rings is 1. The van der Waals surface area contributed by atoms with E-state index in [1.807, 2.05) is 0 Å². The Morgan fingerprint density at radius 3 is 2.70 bits per heavy atom. The number of carbonyl (C=O) groups is 1. The third-order valence-corrected chi connectivity index (χ3v) is 2.72. The fraction of sp³-hybridized carbons (Fsp3) is 0.400. The molecule has 0 radical (unpaired) electrons. The average Bonchev–Trinajstić information content (AvgIpc) is 2.41. The molecule has 1 amide bonds. The monoisotopic (exact) mass is 285 g/mol. The molecule has 20 heavy (non-hydrogen) atoms. The molecule has 0 fully saturated rings. The van der Waals surface area contributed by atoms with Crippen LogP contribution in [0, 0.1) is 0 Å². The van der Waals surface area contributed by atoms with E-state index in [1.54, 1.807) is 0 Å². The van der Waals surface area contributed by atoms with E-state index in [9.17, 15) is 18.0 Å². The Labute approximate surface area is 116 Å². The molecule has 0 unspecified atom stereocenters. The molecule has 1 rings (SSSR count). The lowest BCUT2D eigenvalue weighted by atomic mass is 10.1. The minimum absolute atomic E-state index is 0.293. The zero-order valence-electron chi connectivity index (χ0n) is 11.3. The smallest absolute Gasteiger partial charge is 0.353 e. The van der Waals surface area contributed by atoms with Crippen LogP contribution in [0.1, 0.15) is 37.3 Å². The number of unbranched alkanes of at least 4 members (excludes halogenated alkanes) is 2. The summed E-state index contributed by atoms with van der Waals surface area (Å²) in [5, 5.41) is 2.68. The van der Waals surface area contributed by atoms with E-state index in [4.69, 9.17) is 0 Å². The predicted molar refractivity (Wildman–Crippen MR) is 73.0 cm³/mol. The summed E-state index contributed by atoms with van der Waals surface area (Å²) < 4.78 is 37.5. The summed E-state index contributed by atoms with van der Waals surface area (Å²) in [6.45, 7) is 2.65.